The first-order valence-corrected chi connectivity index (χ1v) is 11.0. The van der Waals surface area contributed by atoms with Crippen molar-refractivity contribution in [3.63, 3.8) is 0 Å². The van der Waals surface area contributed by atoms with Crippen LogP contribution in [0.5, 0.6) is 0 Å². The fraction of sp³-hybridized carbons (Fsp3) is 0. The minimum absolute atomic E-state index is 0.0720. The van der Waals surface area contributed by atoms with Crippen LogP contribution < -0.4 is 16.2 Å². The lowest BCUT2D eigenvalue weighted by Gasteiger charge is -2.09. The summed E-state index contributed by atoms with van der Waals surface area (Å²) in [5.41, 5.74) is 4.91. The number of anilines is 4. The number of nitro benzene ring substituents is 2. The Balaban J connectivity index is 1.57. The third kappa shape index (κ3) is 7.10. The van der Waals surface area contributed by atoms with E-state index in [4.69, 9.17) is 0 Å². The van der Waals surface area contributed by atoms with Crippen molar-refractivity contribution in [1.29, 1.82) is 0 Å². The van der Waals surface area contributed by atoms with Crippen LogP contribution in [-0.2, 0) is 0 Å². The van der Waals surface area contributed by atoms with Crippen LogP contribution >= 0.6 is 0 Å². The standard InChI is InChI=1S/C24H17F2N9O4/c25-20-8-6-18(34(36)37)10-15(20)13-27-32-23-12-22(29-17-4-2-1-3-5-17)30-24(31-23)33-28-14-16-11-19(35(38)39)7-9-21(16)26/h1-14H,(H3,29,30,31,32,33). The summed E-state index contributed by atoms with van der Waals surface area (Å²) < 4.78 is 28.1. The largest absolute Gasteiger partial charge is 0.340 e. The predicted molar refractivity (Wildman–Crippen MR) is 140 cm³/mol. The monoisotopic (exact) mass is 533 g/mol. The number of aromatic nitrogens is 2. The molecule has 0 spiro atoms. The van der Waals surface area contributed by atoms with Gasteiger partial charge in [0, 0.05) is 47.1 Å². The van der Waals surface area contributed by atoms with E-state index in [1.165, 1.54) is 6.07 Å². The van der Waals surface area contributed by atoms with E-state index in [1.807, 2.05) is 6.07 Å². The molecule has 0 saturated carbocycles. The molecule has 0 saturated heterocycles. The van der Waals surface area contributed by atoms with Gasteiger partial charge in [0.15, 0.2) is 5.82 Å². The molecule has 0 bridgehead atoms. The maximum absolute atomic E-state index is 14.0. The van der Waals surface area contributed by atoms with Crippen LogP contribution in [-0.4, -0.2) is 32.2 Å². The number of hydrogen-bond donors (Lipinski definition) is 3. The van der Waals surface area contributed by atoms with Crippen molar-refractivity contribution in [3.8, 4) is 0 Å². The number of rotatable bonds is 10. The third-order valence-corrected chi connectivity index (χ3v) is 4.90. The first kappa shape index (κ1) is 26.2. The second-order valence-corrected chi connectivity index (χ2v) is 7.62. The number of para-hydroxylation sites is 1. The molecule has 1 aromatic heterocycles. The van der Waals surface area contributed by atoms with Gasteiger partial charge in [-0.25, -0.2) is 14.2 Å². The van der Waals surface area contributed by atoms with Gasteiger partial charge in [-0.2, -0.15) is 20.2 Å². The molecule has 3 aromatic carbocycles. The van der Waals surface area contributed by atoms with Crippen LogP contribution in [0.25, 0.3) is 0 Å². The normalized spacial score (nSPS) is 11.0. The van der Waals surface area contributed by atoms with Gasteiger partial charge in [0.05, 0.1) is 22.3 Å². The van der Waals surface area contributed by atoms with E-state index in [-0.39, 0.29) is 40.1 Å². The molecule has 13 nitrogen and oxygen atoms in total. The lowest BCUT2D eigenvalue weighted by Crippen LogP contribution is -2.04. The second kappa shape index (κ2) is 11.9. The number of non-ortho nitro benzene ring substituents is 2. The molecule has 0 aliphatic carbocycles. The summed E-state index contributed by atoms with van der Waals surface area (Å²) in [4.78, 5) is 29.0. The molecule has 15 heteroatoms. The van der Waals surface area contributed by atoms with E-state index in [0.717, 1.165) is 48.8 Å². The quantitative estimate of drug-likeness (QED) is 0.140. The summed E-state index contributed by atoms with van der Waals surface area (Å²) in [7, 11) is 0. The fourth-order valence-electron chi connectivity index (χ4n) is 3.10. The Hall–Kier alpha value is -5.86. The first-order valence-electron chi connectivity index (χ1n) is 11.0. The molecule has 4 rings (SSSR count). The fourth-order valence-corrected chi connectivity index (χ4v) is 3.10. The zero-order valence-electron chi connectivity index (χ0n) is 19.7. The van der Waals surface area contributed by atoms with E-state index in [1.54, 1.807) is 24.3 Å². The first-order chi connectivity index (χ1) is 18.8. The van der Waals surface area contributed by atoms with Gasteiger partial charge in [0.2, 0.25) is 5.95 Å². The van der Waals surface area contributed by atoms with Crippen LogP contribution in [0.1, 0.15) is 11.1 Å². The maximum atomic E-state index is 14.0. The van der Waals surface area contributed by atoms with Crippen molar-refractivity contribution >= 4 is 47.1 Å². The average Bonchev–Trinajstić information content (AvgIpc) is 2.91. The molecule has 0 aliphatic heterocycles. The van der Waals surface area contributed by atoms with Crippen LogP contribution in [0.15, 0.2) is 83.0 Å². The van der Waals surface area contributed by atoms with Crippen molar-refractivity contribution in [2.45, 2.75) is 0 Å². The van der Waals surface area contributed by atoms with Crippen molar-refractivity contribution in [2.24, 2.45) is 10.2 Å². The highest BCUT2D eigenvalue weighted by Crippen LogP contribution is 2.20. The molecule has 0 atom stereocenters. The van der Waals surface area contributed by atoms with E-state index in [9.17, 15) is 29.0 Å². The summed E-state index contributed by atoms with van der Waals surface area (Å²) in [6, 6.07) is 16.5. The van der Waals surface area contributed by atoms with Crippen LogP contribution in [0, 0.1) is 31.9 Å². The third-order valence-electron chi connectivity index (χ3n) is 4.90. The molecule has 0 fully saturated rings. The van der Waals surface area contributed by atoms with E-state index >= 15 is 0 Å². The highest BCUT2D eigenvalue weighted by Gasteiger charge is 2.11. The predicted octanol–water partition coefficient (Wildman–Crippen LogP) is 5.21. The highest BCUT2D eigenvalue weighted by atomic mass is 19.1. The molecular formula is C24H17F2N9O4. The number of nitro groups is 2. The molecule has 196 valence electrons. The van der Waals surface area contributed by atoms with Crippen molar-refractivity contribution in [2.75, 3.05) is 16.2 Å². The molecule has 1 heterocycles. The number of hydrazone groups is 2. The summed E-state index contributed by atoms with van der Waals surface area (Å²) >= 11 is 0. The number of benzene rings is 3. The molecule has 39 heavy (non-hydrogen) atoms. The molecule has 0 aliphatic rings. The lowest BCUT2D eigenvalue weighted by atomic mass is 10.2. The summed E-state index contributed by atoms with van der Waals surface area (Å²) in [6.07, 6.45) is 2.07. The number of halogens is 2. The van der Waals surface area contributed by atoms with Gasteiger partial charge in [0.1, 0.15) is 17.5 Å². The second-order valence-electron chi connectivity index (χ2n) is 7.62. The molecular weight excluding hydrogens is 516 g/mol. The van der Waals surface area contributed by atoms with Gasteiger partial charge >= 0.3 is 0 Å². The van der Waals surface area contributed by atoms with E-state index in [2.05, 4.69) is 36.3 Å². The molecule has 0 radical (unpaired) electrons. The van der Waals surface area contributed by atoms with Crippen molar-refractivity contribution < 1.29 is 18.6 Å². The summed E-state index contributed by atoms with van der Waals surface area (Å²) in [6.45, 7) is 0. The molecule has 0 amide bonds. The van der Waals surface area contributed by atoms with E-state index in [0.29, 0.717) is 5.69 Å². The van der Waals surface area contributed by atoms with Gasteiger partial charge in [-0.05, 0) is 24.3 Å². The Morgan fingerprint density at radius 3 is 1.82 bits per heavy atom. The van der Waals surface area contributed by atoms with Gasteiger partial charge < -0.3 is 5.32 Å². The van der Waals surface area contributed by atoms with Gasteiger partial charge in [0.25, 0.3) is 11.4 Å². The van der Waals surface area contributed by atoms with Crippen LogP contribution in [0.4, 0.5) is 43.4 Å². The number of nitrogens with zero attached hydrogens (tertiary/aromatic N) is 6. The van der Waals surface area contributed by atoms with Gasteiger partial charge in [-0.15, -0.1) is 0 Å². The maximum Gasteiger partial charge on any atom is 0.270 e. The van der Waals surface area contributed by atoms with Crippen molar-refractivity contribution in [1.82, 2.24) is 9.97 Å². The van der Waals surface area contributed by atoms with E-state index < -0.39 is 21.5 Å². The lowest BCUT2D eigenvalue weighted by molar-refractivity contribution is -0.385. The highest BCUT2D eigenvalue weighted by molar-refractivity contribution is 5.82. The van der Waals surface area contributed by atoms with Crippen LogP contribution in [0.2, 0.25) is 0 Å². The Kier molecular flexibility index (Phi) is 8.01. The van der Waals surface area contributed by atoms with Crippen LogP contribution in [0.3, 0.4) is 0 Å². The van der Waals surface area contributed by atoms with Gasteiger partial charge in [-0.3, -0.25) is 25.7 Å². The number of hydrogen-bond acceptors (Lipinski definition) is 11. The minimum atomic E-state index is -0.725. The Bertz CT molecular complexity index is 1490. The Morgan fingerprint density at radius 2 is 1.26 bits per heavy atom. The zero-order chi connectivity index (χ0) is 27.8. The Morgan fingerprint density at radius 1 is 0.718 bits per heavy atom. The van der Waals surface area contributed by atoms with Crippen molar-refractivity contribution in [3.05, 3.63) is 116 Å². The zero-order valence-corrected chi connectivity index (χ0v) is 19.7. The molecule has 3 N–H and O–H groups in total. The molecule has 4 aromatic rings. The number of nitrogens with one attached hydrogen (secondary N) is 3. The smallest absolute Gasteiger partial charge is 0.270 e. The van der Waals surface area contributed by atoms with Gasteiger partial charge in [-0.1, -0.05) is 18.2 Å². The molecule has 0 unspecified atom stereocenters. The minimum Gasteiger partial charge on any atom is -0.340 e. The summed E-state index contributed by atoms with van der Waals surface area (Å²) in [5, 5.41) is 32.7. The average molecular weight is 533 g/mol. The topological polar surface area (TPSA) is 173 Å². The summed E-state index contributed by atoms with van der Waals surface area (Å²) in [5.74, 6) is -1.11. The Labute approximate surface area is 218 Å². The SMILES string of the molecule is O=[N+]([O-])c1ccc(F)c(C=NNc2cc(Nc3ccccc3)nc(NN=Cc3cc([N+](=O)[O-])ccc3F)n2)c1.